The van der Waals surface area contributed by atoms with Crippen LogP contribution in [-0.4, -0.2) is 13.1 Å². The highest BCUT2D eigenvalue weighted by atomic mass is 35.5. The summed E-state index contributed by atoms with van der Waals surface area (Å²) in [5.74, 6) is 0.0471. The monoisotopic (exact) mass is 214 g/mol. The number of hydrogen-bond acceptors (Lipinski definition) is 2. The third-order valence-corrected chi connectivity index (χ3v) is 2.94. The number of benzene rings is 1. The molecule has 2 rings (SSSR count). The van der Waals surface area contributed by atoms with Crippen molar-refractivity contribution in [1.29, 1.82) is 0 Å². The topological polar surface area (TPSA) is 38.0 Å². The Morgan fingerprint density at radius 2 is 2.21 bits per heavy atom. The van der Waals surface area contributed by atoms with E-state index in [4.69, 9.17) is 17.3 Å². The van der Waals surface area contributed by atoms with Crippen molar-refractivity contribution in [3.8, 4) is 0 Å². The van der Waals surface area contributed by atoms with Crippen LogP contribution in [0.1, 0.15) is 11.6 Å². The zero-order valence-electron chi connectivity index (χ0n) is 7.63. The van der Waals surface area contributed by atoms with Crippen molar-refractivity contribution in [2.75, 3.05) is 13.1 Å². The van der Waals surface area contributed by atoms with Gasteiger partial charge in [0.2, 0.25) is 0 Å². The van der Waals surface area contributed by atoms with Crippen LogP contribution in [0.3, 0.4) is 0 Å². The Morgan fingerprint density at radius 1 is 1.50 bits per heavy atom. The summed E-state index contributed by atoms with van der Waals surface area (Å²) in [6.07, 6.45) is 0. The van der Waals surface area contributed by atoms with Gasteiger partial charge < -0.3 is 11.1 Å². The molecular weight excluding hydrogens is 203 g/mol. The molecule has 0 bridgehead atoms. The van der Waals surface area contributed by atoms with Crippen molar-refractivity contribution in [2.45, 2.75) is 6.04 Å². The molecule has 1 atom stereocenters. The molecule has 0 aromatic heterocycles. The van der Waals surface area contributed by atoms with Crippen LogP contribution in [0.5, 0.6) is 0 Å². The highest BCUT2D eigenvalue weighted by molar-refractivity contribution is 6.30. The van der Waals surface area contributed by atoms with E-state index in [0.29, 0.717) is 5.92 Å². The number of rotatable bonds is 2. The maximum Gasteiger partial charge on any atom is 0.141 e. The van der Waals surface area contributed by atoms with E-state index in [0.717, 1.165) is 18.7 Å². The van der Waals surface area contributed by atoms with Crippen LogP contribution in [0.15, 0.2) is 18.2 Å². The summed E-state index contributed by atoms with van der Waals surface area (Å²) in [5, 5.41) is 3.29. The molecule has 0 amide bonds. The molecule has 0 spiro atoms. The molecule has 1 fully saturated rings. The Labute approximate surface area is 87.2 Å². The van der Waals surface area contributed by atoms with Crippen molar-refractivity contribution in [1.82, 2.24) is 5.32 Å². The molecule has 1 aromatic carbocycles. The van der Waals surface area contributed by atoms with Crippen LogP contribution >= 0.6 is 11.6 Å². The lowest BCUT2D eigenvalue weighted by molar-refractivity contribution is 0.295. The van der Waals surface area contributed by atoms with E-state index >= 15 is 0 Å². The maximum absolute atomic E-state index is 12.9. The standard InChI is InChI=1S/C10H12ClFN2/c11-8-3-6(1-2-9(8)12)10(13)7-4-14-5-7/h1-3,7,10,14H,4-5,13H2. The summed E-state index contributed by atoms with van der Waals surface area (Å²) >= 11 is 5.68. The fraction of sp³-hybridized carbons (Fsp3) is 0.400. The normalized spacial score (nSPS) is 19.1. The maximum atomic E-state index is 12.9. The first-order valence-electron chi connectivity index (χ1n) is 4.59. The van der Waals surface area contributed by atoms with Crippen LogP contribution in [-0.2, 0) is 0 Å². The van der Waals surface area contributed by atoms with Gasteiger partial charge in [-0.15, -0.1) is 0 Å². The van der Waals surface area contributed by atoms with E-state index in [1.165, 1.54) is 6.07 Å². The zero-order chi connectivity index (χ0) is 10.1. The van der Waals surface area contributed by atoms with E-state index in [2.05, 4.69) is 5.32 Å². The van der Waals surface area contributed by atoms with Gasteiger partial charge in [0, 0.05) is 25.0 Å². The van der Waals surface area contributed by atoms with Crippen molar-refractivity contribution in [3.05, 3.63) is 34.6 Å². The van der Waals surface area contributed by atoms with Gasteiger partial charge in [0.15, 0.2) is 0 Å². The van der Waals surface area contributed by atoms with Crippen molar-refractivity contribution < 1.29 is 4.39 Å². The largest absolute Gasteiger partial charge is 0.324 e. The fourth-order valence-corrected chi connectivity index (χ4v) is 1.75. The van der Waals surface area contributed by atoms with Gasteiger partial charge >= 0.3 is 0 Å². The van der Waals surface area contributed by atoms with Gasteiger partial charge in [0.25, 0.3) is 0 Å². The summed E-state index contributed by atoms with van der Waals surface area (Å²) in [7, 11) is 0. The van der Waals surface area contributed by atoms with E-state index in [1.807, 2.05) is 0 Å². The number of nitrogens with one attached hydrogen (secondary N) is 1. The minimum absolute atomic E-state index is 0.0469. The first kappa shape index (κ1) is 9.90. The molecule has 1 heterocycles. The average molecular weight is 215 g/mol. The zero-order valence-corrected chi connectivity index (χ0v) is 8.39. The molecule has 4 heteroatoms. The van der Waals surface area contributed by atoms with Gasteiger partial charge in [-0.05, 0) is 17.7 Å². The highest BCUT2D eigenvalue weighted by Gasteiger charge is 2.25. The van der Waals surface area contributed by atoms with Crippen molar-refractivity contribution in [2.24, 2.45) is 11.7 Å². The quantitative estimate of drug-likeness (QED) is 0.787. The molecule has 1 saturated heterocycles. The third-order valence-electron chi connectivity index (χ3n) is 2.65. The Balaban J connectivity index is 2.18. The molecule has 0 saturated carbocycles. The number of halogens is 2. The van der Waals surface area contributed by atoms with Crippen molar-refractivity contribution >= 4 is 11.6 Å². The van der Waals surface area contributed by atoms with E-state index in [1.54, 1.807) is 12.1 Å². The Kier molecular flexibility index (Phi) is 2.72. The van der Waals surface area contributed by atoms with Crippen LogP contribution in [0.25, 0.3) is 0 Å². The summed E-state index contributed by atoms with van der Waals surface area (Å²) < 4.78 is 12.9. The SMILES string of the molecule is NC(c1ccc(F)c(Cl)c1)C1CNC1. The molecule has 1 aromatic rings. The van der Waals surface area contributed by atoms with E-state index in [-0.39, 0.29) is 11.1 Å². The second kappa shape index (κ2) is 3.85. The van der Waals surface area contributed by atoms with E-state index in [9.17, 15) is 4.39 Å². The molecule has 0 radical (unpaired) electrons. The molecule has 14 heavy (non-hydrogen) atoms. The summed E-state index contributed by atoms with van der Waals surface area (Å²) in [6, 6.07) is 4.63. The molecule has 2 nitrogen and oxygen atoms in total. The Morgan fingerprint density at radius 3 is 2.71 bits per heavy atom. The number of hydrogen-bond donors (Lipinski definition) is 2. The number of nitrogens with two attached hydrogens (primary N) is 1. The highest BCUT2D eigenvalue weighted by Crippen LogP contribution is 2.25. The van der Waals surface area contributed by atoms with Crippen LogP contribution in [0.4, 0.5) is 4.39 Å². The van der Waals surface area contributed by atoms with Crippen LogP contribution in [0, 0.1) is 11.7 Å². The second-order valence-corrected chi connectivity index (χ2v) is 4.02. The smallest absolute Gasteiger partial charge is 0.141 e. The molecule has 3 N–H and O–H groups in total. The Hall–Kier alpha value is -0.640. The minimum atomic E-state index is -0.394. The Bertz CT molecular complexity index is 339. The van der Waals surface area contributed by atoms with Gasteiger partial charge in [-0.1, -0.05) is 17.7 Å². The molecule has 1 aliphatic rings. The molecule has 0 aliphatic carbocycles. The molecule has 1 unspecified atom stereocenters. The van der Waals surface area contributed by atoms with Gasteiger partial charge in [0.05, 0.1) is 5.02 Å². The van der Waals surface area contributed by atoms with Gasteiger partial charge in [-0.2, -0.15) is 0 Å². The lowest BCUT2D eigenvalue weighted by Crippen LogP contribution is -2.47. The second-order valence-electron chi connectivity index (χ2n) is 3.62. The predicted molar refractivity (Wildman–Crippen MR) is 54.7 cm³/mol. The van der Waals surface area contributed by atoms with Crippen LogP contribution in [0.2, 0.25) is 5.02 Å². The first-order valence-corrected chi connectivity index (χ1v) is 4.97. The minimum Gasteiger partial charge on any atom is -0.324 e. The van der Waals surface area contributed by atoms with Gasteiger partial charge in [-0.3, -0.25) is 0 Å². The van der Waals surface area contributed by atoms with E-state index < -0.39 is 5.82 Å². The van der Waals surface area contributed by atoms with Gasteiger partial charge in [0.1, 0.15) is 5.82 Å². The van der Waals surface area contributed by atoms with Gasteiger partial charge in [-0.25, -0.2) is 4.39 Å². The average Bonchev–Trinajstić information content (AvgIpc) is 2.06. The third kappa shape index (κ3) is 1.75. The molecular formula is C10H12ClFN2. The summed E-state index contributed by atoms with van der Waals surface area (Å²) in [5.41, 5.74) is 6.90. The molecule has 76 valence electrons. The van der Waals surface area contributed by atoms with Crippen LogP contribution < -0.4 is 11.1 Å². The fourth-order valence-electron chi connectivity index (χ4n) is 1.56. The lowest BCUT2D eigenvalue weighted by atomic mass is 9.89. The lowest BCUT2D eigenvalue weighted by Gasteiger charge is -2.32. The summed E-state index contributed by atoms with van der Waals surface area (Å²) in [6.45, 7) is 1.85. The predicted octanol–water partition coefficient (Wildman–Crippen LogP) is 1.70. The first-order chi connectivity index (χ1) is 6.68. The van der Waals surface area contributed by atoms with Crippen molar-refractivity contribution in [3.63, 3.8) is 0 Å². The summed E-state index contributed by atoms with van der Waals surface area (Å²) in [4.78, 5) is 0. The molecule has 1 aliphatic heterocycles.